The highest BCUT2D eigenvalue weighted by molar-refractivity contribution is 5.91. The predicted molar refractivity (Wildman–Crippen MR) is 78.2 cm³/mol. The Morgan fingerprint density at radius 1 is 0.842 bits per heavy atom. The highest BCUT2D eigenvalue weighted by atomic mass is 15.0. The number of rotatable bonds is 4. The van der Waals surface area contributed by atoms with Crippen molar-refractivity contribution in [2.24, 2.45) is 0 Å². The van der Waals surface area contributed by atoms with Crippen LogP contribution in [0.1, 0.15) is 5.69 Å². The van der Waals surface area contributed by atoms with Gasteiger partial charge in [-0.25, -0.2) is 4.98 Å². The zero-order valence-corrected chi connectivity index (χ0v) is 10.6. The van der Waals surface area contributed by atoms with Gasteiger partial charge in [0.15, 0.2) is 0 Å². The molecule has 2 aromatic heterocycles. The third-order valence-electron chi connectivity index (χ3n) is 3.07. The van der Waals surface area contributed by atoms with Gasteiger partial charge >= 0.3 is 0 Å². The van der Waals surface area contributed by atoms with Gasteiger partial charge in [0.25, 0.3) is 0 Å². The summed E-state index contributed by atoms with van der Waals surface area (Å²) in [7, 11) is 0. The molecule has 0 aliphatic carbocycles. The lowest BCUT2D eigenvalue weighted by atomic mass is 10.1. The molecule has 1 N–H and O–H groups in total. The third kappa shape index (κ3) is 2.71. The predicted octanol–water partition coefficient (Wildman–Crippen LogP) is 3.28. The summed E-state index contributed by atoms with van der Waals surface area (Å²) in [4.78, 5) is 8.72. The van der Waals surface area contributed by atoms with Crippen molar-refractivity contribution in [3.63, 3.8) is 0 Å². The van der Waals surface area contributed by atoms with Gasteiger partial charge in [-0.15, -0.1) is 0 Å². The number of nitrogens with one attached hydrogen (secondary N) is 1. The first-order chi connectivity index (χ1) is 9.43. The smallest absolute Gasteiger partial charge is 0.133 e. The fourth-order valence-corrected chi connectivity index (χ4v) is 2.12. The summed E-state index contributed by atoms with van der Waals surface area (Å²) in [6, 6.07) is 16.3. The number of benzene rings is 1. The Labute approximate surface area is 112 Å². The molecule has 3 rings (SSSR count). The maximum Gasteiger partial charge on any atom is 0.133 e. The van der Waals surface area contributed by atoms with Crippen LogP contribution in [0.5, 0.6) is 0 Å². The van der Waals surface area contributed by atoms with Gasteiger partial charge in [-0.3, -0.25) is 4.98 Å². The molecule has 0 spiro atoms. The largest absolute Gasteiger partial charge is 0.369 e. The molecule has 0 aliphatic rings. The minimum atomic E-state index is 0.831. The summed E-state index contributed by atoms with van der Waals surface area (Å²) < 4.78 is 0. The number of hydrogen-bond donors (Lipinski definition) is 1. The van der Waals surface area contributed by atoms with Crippen LogP contribution in [-0.4, -0.2) is 16.5 Å². The monoisotopic (exact) mass is 249 g/mol. The van der Waals surface area contributed by atoms with Gasteiger partial charge in [-0.2, -0.15) is 0 Å². The van der Waals surface area contributed by atoms with Gasteiger partial charge in [0.1, 0.15) is 5.82 Å². The van der Waals surface area contributed by atoms with E-state index in [2.05, 4.69) is 27.4 Å². The molecule has 0 atom stereocenters. The maximum atomic E-state index is 4.41. The molecule has 0 bridgehead atoms. The van der Waals surface area contributed by atoms with E-state index < -0.39 is 0 Å². The van der Waals surface area contributed by atoms with Crippen LogP contribution in [0.15, 0.2) is 60.9 Å². The summed E-state index contributed by atoms with van der Waals surface area (Å²) in [5, 5.41) is 5.75. The number of fused-ring (bicyclic) bond motifs is 1. The van der Waals surface area contributed by atoms with Crippen LogP contribution in [-0.2, 0) is 6.42 Å². The quantitative estimate of drug-likeness (QED) is 0.771. The van der Waals surface area contributed by atoms with Crippen LogP contribution < -0.4 is 5.32 Å². The van der Waals surface area contributed by atoms with E-state index in [9.17, 15) is 0 Å². The summed E-state index contributed by atoms with van der Waals surface area (Å²) in [6.45, 7) is 0.831. The van der Waals surface area contributed by atoms with E-state index in [1.54, 1.807) is 0 Å². The molecule has 0 fully saturated rings. The lowest BCUT2D eigenvalue weighted by molar-refractivity contribution is 0.956. The van der Waals surface area contributed by atoms with Crippen LogP contribution >= 0.6 is 0 Å². The Balaban J connectivity index is 1.72. The summed E-state index contributed by atoms with van der Waals surface area (Å²) >= 11 is 0. The molecule has 0 saturated heterocycles. The van der Waals surface area contributed by atoms with Crippen molar-refractivity contribution >= 4 is 16.6 Å². The SMILES string of the molecule is c1ccc(CCNc2nccc3ccccc23)nc1. The van der Waals surface area contributed by atoms with Gasteiger partial charge in [-0.1, -0.05) is 30.3 Å². The maximum absolute atomic E-state index is 4.41. The average molecular weight is 249 g/mol. The van der Waals surface area contributed by atoms with Gasteiger partial charge in [0.2, 0.25) is 0 Å². The molecule has 0 unspecified atom stereocenters. The van der Waals surface area contributed by atoms with E-state index in [0.717, 1.165) is 29.9 Å². The van der Waals surface area contributed by atoms with Crippen LogP contribution in [0.25, 0.3) is 10.8 Å². The highest BCUT2D eigenvalue weighted by Crippen LogP contribution is 2.20. The Morgan fingerprint density at radius 2 is 1.74 bits per heavy atom. The molecule has 94 valence electrons. The first-order valence-corrected chi connectivity index (χ1v) is 6.41. The van der Waals surface area contributed by atoms with Gasteiger partial charge < -0.3 is 5.32 Å². The van der Waals surface area contributed by atoms with E-state index in [1.165, 1.54) is 5.39 Å². The Morgan fingerprint density at radius 3 is 2.63 bits per heavy atom. The van der Waals surface area contributed by atoms with Crippen molar-refractivity contribution in [1.29, 1.82) is 0 Å². The van der Waals surface area contributed by atoms with Gasteiger partial charge in [0.05, 0.1) is 0 Å². The lowest BCUT2D eigenvalue weighted by Crippen LogP contribution is -2.07. The molecule has 0 saturated carbocycles. The van der Waals surface area contributed by atoms with E-state index >= 15 is 0 Å². The molecule has 3 aromatic rings. The fraction of sp³-hybridized carbons (Fsp3) is 0.125. The van der Waals surface area contributed by atoms with Crippen LogP contribution in [0.3, 0.4) is 0 Å². The fourth-order valence-electron chi connectivity index (χ4n) is 2.12. The summed E-state index contributed by atoms with van der Waals surface area (Å²) in [5.74, 6) is 0.939. The van der Waals surface area contributed by atoms with E-state index in [-0.39, 0.29) is 0 Å². The van der Waals surface area contributed by atoms with Crippen molar-refractivity contribution in [3.8, 4) is 0 Å². The van der Waals surface area contributed by atoms with Gasteiger partial charge in [0, 0.05) is 36.4 Å². The molecule has 3 nitrogen and oxygen atoms in total. The topological polar surface area (TPSA) is 37.8 Å². The van der Waals surface area contributed by atoms with Crippen LogP contribution in [0.2, 0.25) is 0 Å². The third-order valence-corrected chi connectivity index (χ3v) is 3.07. The average Bonchev–Trinajstić information content (AvgIpc) is 2.49. The van der Waals surface area contributed by atoms with Crippen molar-refractivity contribution < 1.29 is 0 Å². The van der Waals surface area contributed by atoms with Crippen molar-refractivity contribution in [3.05, 3.63) is 66.6 Å². The molecular formula is C16H15N3. The first kappa shape index (κ1) is 11.7. The molecule has 3 heteroatoms. The molecule has 0 aliphatic heterocycles. The molecular weight excluding hydrogens is 234 g/mol. The zero-order valence-electron chi connectivity index (χ0n) is 10.6. The Hall–Kier alpha value is -2.42. The number of aromatic nitrogens is 2. The standard InChI is InChI=1S/C16H15N3/c1-2-7-15-13(5-1)8-11-18-16(15)19-12-9-14-6-3-4-10-17-14/h1-8,10-11H,9,12H2,(H,18,19). The number of hydrogen-bond acceptors (Lipinski definition) is 3. The second-order valence-electron chi connectivity index (χ2n) is 4.38. The molecule has 0 radical (unpaired) electrons. The van der Waals surface area contributed by atoms with E-state index in [0.29, 0.717) is 0 Å². The minimum absolute atomic E-state index is 0.831. The number of pyridine rings is 2. The van der Waals surface area contributed by atoms with Crippen LogP contribution in [0.4, 0.5) is 5.82 Å². The number of nitrogens with zero attached hydrogens (tertiary/aromatic N) is 2. The van der Waals surface area contributed by atoms with Crippen molar-refractivity contribution in [2.75, 3.05) is 11.9 Å². The zero-order chi connectivity index (χ0) is 12.9. The second-order valence-corrected chi connectivity index (χ2v) is 4.38. The van der Waals surface area contributed by atoms with Gasteiger partial charge in [-0.05, 0) is 23.6 Å². The number of anilines is 1. The van der Waals surface area contributed by atoms with Crippen LogP contribution in [0, 0.1) is 0 Å². The molecule has 19 heavy (non-hydrogen) atoms. The Bertz CT molecular complexity index is 660. The van der Waals surface area contributed by atoms with E-state index in [1.807, 2.05) is 48.8 Å². The highest BCUT2D eigenvalue weighted by Gasteiger charge is 2.01. The molecule has 2 heterocycles. The van der Waals surface area contributed by atoms with Crippen molar-refractivity contribution in [2.45, 2.75) is 6.42 Å². The normalized spacial score (nSPS) is 10.5. The lowest BCUT2D eigenvalue weighted by Gasteiger charge is -2.08. The molecule has 1 aromatic carbocycles. The van der Waals surface area contributed by atoms with E-state index in [4.69, 9.17) is 0 Å². The Kier molecular flexibility index (Phi) is 3.36. The van der Waals surface area contributed by atoms with Crippen molar-refractivity contribution in [1.82, 2.24) is 9.97 Å². The summed E-state index contributed by atoms with van der Waals surface area (Å²) in [5.41, 5.74) is 1.09. The minimum Gasteiger partial charge on any atom is -0.369 e. The molecule has 0 amide bonds. The summed E-state index contributed by atoms with van der Waals surface area (Å²) in [6.07, 6.45) is 4.56. The second kappa shape index (κ2) is 5.48. The first-order valence-electron chi connectivity index (χ1n) is 6.41.